The molecule has 4 unspecified atom stereocenters. The summed E-state index contributed by atoms with van der Waals surface area (Å²) in [4.78, 5) is 62.7. The van der Waals surface area contributed by atoms with E-state index in [-0.39, 0.29) is 73.6 Å². The predicted molar refractivity (Wildman–Crippen MR) is 199 cm³/mol. The number of hydrogen-bond acceptors (Lipinski definition) is 13. The first-order valence-corrected chi connectivity index (χ1v) is 19.1. The van der Waals surface area contributed by atoms with Gasteiger partial charge in [-0.05, 0) is 84.6 Å². The van der Waals surface area contributed by atoms with E-state index >= 15 is 0 Å². The number of hydrogen-bond donors (Lipinski definition) is 6. The number of amides is 2. The number of Topliss-reactive ketones (excluding diaryl/α,β-unsaturated/α-hetero) is 3. The Balaban J connectivity index is 1.03. The van der Waals surface area contributed by atoms with Gasteiger partial charge in [0.15, 0.2) is 0 Å². The van der Waals surface area contributed by atoms with Gasteiger partial charge in [0.05, 0.1) is 44.3 Å². The van der Waals surface area contributed by atoms with Crippen LogP contribution in [0.25, 0.3) is 0 Å². The number of methoxy groups -OCH3 is 1. The summed E-state index contributed by atoms with van der Waals surface area (Å²) >= 11 is 0. The lowest BCUT2D eigenvalue weighted by Gasteiger charge is -2.42. The highest BCUT2D eigenvalue weighted by Gasteiger charge is 2.72. The number of benzene rings is 1. The first-order chi connectivity index (χ1) is 25.8. The second-order valence-electron chi connectivity index (χ2n) is 15.5. The zero-order valence-electron chi connectivity index (χ0n) is 32.2. The number of ketones is 3. The Morgan fingerprint density at radius 2 is 1.57 bits per heavy atom. The lowest BCUT2D eigenvalue weighted by atomic mass is 9.68. The number of nitrogens with one attached hydrogen (secondary N) is 6. The summed E-state index contributed by atoms with van der Waals surface area (Å²) in [5.41, 5.74) is 12.2. The van der Waals surface area contributed by atoms with E-state index in [4.69, 9.17) is 18.9 Å². The molecular weight excluding hydrogens is 696 g/mol. The molecule has 4 fully saturated rings. The number of ether oxygens (including phenoxy) is 4. The molecule has 4 aliphatic rings. The summed E-state index contributed by atoms with van der Waals surface area (Å²) < 4.78 is 24.3. The van der Waals surface area contributed by atoms with Crippen LogP contribution in [0.15, 0.2) is 42.0 Å². The molecule has 2 aliphatic carbocycles. The summed E-state index contributed by atoms with van der Waals surface area (Å²) in [5, 5.41) is 6.05. The highest BCUT2D eigenvalue weighted by atomic mass is 16.6. The van der Waals surface area contributed by atoms with E-state index in [2.05, 4.69) is 59.2 Å². The van der Waals surface area contributed by atoms with Crippen molar-refractivity contribution in [1.29, 1.82) is 0 Å². The van der Waals surface area contributed by atoms with Crippen LogP contribution in [0.1, 0.15) is 78.2 Å². The third kappa shape index (κ3) is 11.2. The van der Waals surface area contributed by atoms with Crippen molar-refractivity contribution >= 4 is 29.4 Å². The first kappa shape index (κ1) is 41.6. The first-order valence-electron chi connectivity index (χ1n) is 19.1. The van der Waals surface area contributed by atoms with Crippen LogP contribution in [-0.2, 0) is 44.5 Å². The normalized spacial score (nSPS) is 30.5. The molecule has 15 heteroatoms. The van der Waals surface area contributed by atoms with Crippen molar-refractivity contribution in [1.82, 2.24) is 32.3 Å². The van der Waals surface area contributed by atoms with E-state index in [9.17, 15) is 24.0 Å². The van der Waals surface area contributed by atoms with Gasteiger partial charge in [-0.3, -0.25) is 24.6 Å². The van der Waals surface area contributed by atoms with Crippen molar-refractivity contribution in [2.24, 2.45) is 5.92 Å². The SMILES string of the molecule is COC1C(OC(=O)N[C@H]2CC[C@H](NC(=O)CNN[C@@H](Cc3ccccc3)C(=O)C(=O)CNNCC(C)=O)CC2)CC[C@]2(CO2)C1C1(C)O[C@@H]1CC=C(C)C. The van der Waals surface area contributed by atoms with Crippen molar-refractivity contribution in [3.05, 3.63) is 47.5 Å². The summed E-state index contributed by atoms with van der Waals surface area (Å²) in [6.07, 6.45) is 6.18. The molecule has 6 N–H and O–H groups in total. The Morgan fingerprint density at radius 1 is 0.907 bits per heavy atom. The lowest BCUT2D eigenvalue weighted by molar-refractivity contribution is -0.137. The molecule has 1 aromatic rings. The number of allylic oxidation sites excluding steroid dienone is 1. The number of epoxide rings is 2. The minimum absolute atomic E-state index is 0.0235. The molecule has 0 aromatic heterocycles. The Bertz CT molecular complexity index is 1510. The molecule has 2 amide bonds. The van der Waals surface area contributed by atoms with E-state index < -0.39 is 35.4 Å². The van der Waals surface area contributed by atoms with Gasteiger partial charge in [-0.15, -0.1) is 0 Å². The van der Waals surface area contributed by atoms with Gasteiger partial charge in [0.2, 0.25) is 17.5 Å². The van der Waals surface area contributed by atoms with Gasteiger partial charge in [-0.1, -0.05) is 42.0 Å². The van der Waals surface area contributed by atoms with Gasteiger partial charge >= 0.3 is 6.09 Å². The topological polar surface area (TPSA) is 201 Å². The molecular formula is C39H58N6O9. The van der Waals surface area contributed by atoms with E-state index in [1.165, 1.54) is 12.5 Å². The maximum Gasteiger partial charge on any atom is 0.407 e. The minimum atomic E-state index is -0.917. The van der Waals surface area contributed by atoms with Crippen molar-refractivity contribution in [2.75, 3.05) is 33.4 Å². The Morgan fingerprint density at radius 3 is 2.20 bits per heavy atom. The summed E-state index contributed by atoms with van der Waals surface area (Å²) in [7, 11) is 1.66. The fourth-order valence-electron chi connectivity index (χ4n) is 7.99. The van der Waals surface area contributed by atoms with Gasteiger partial charge in [-0.2, -0.15) is 0 Å². The molecule has 2 saturated carbocycles. The molecule has 0 bridgehead atoms. The third-order valence-corrected chi connectivity index (χ3v) is 11.0. The number of alkyl carbamates (subject to hydrolysis) is 1. The highest BCUT2D eigenvalue weighted by molar-refractivity contribution is 6.40. The van der Waals surface area contributed by atoms with Crippen LogP contribution >= 0.6 is 0 Å². The van der Waals surface area contributed by atoms with Gasteiger partial charge in [0, 0.05) is 19.2 Å². The maximum atomic E-state index is 13.2. The second kappa shape index (κ2) is 18.8. The number of rotatable bonds is 20. The quantitative estimate of drug-likeness (QED) is 0.0370. The van der Waals surface area contributed by atoms with Crippen molar-refractivity contribution in [3.8, 4) is 0 Å². The monoisotopic (exact) mass is 754 g/mol. The van der Waals surface area contributed by atoms with Crippen molar-refractivity contribution < 1.29 is 42.9 Å². The van der Waals surface area contributed by atoms with E-state index in [1.54, 1.807) is 7.11 Å². The van der Waals surface area contributed by atoms with Crippen LogP contribution in [0.2, 0.25) is 0 Å². The standard InChI is InChI=1S/C39H58N6O9/c1-24(2)11-16-32-38(4,54-32)36-35(51-5)31(17-18-39(36)23-52-39)53-37(50)44-28-14-12-27(13-15-28)43-33(48)22-42-45-29(19-26-9-7-6-8-10-26)34(49)30(47)21-41-40-20-25(3)46/h6-11,27-29,31-32,35-36,40-42,45H,12-23H2,1-5H3,(H,43,48)(H,44,50)/t27-,28-,29-,31?,32+,35?,36?,38?,39-/m0/s1. The third-order valence-electron chi connectivity index (χ3n) is 11.0. The molecule has 5 rings (SSSR count). The van der Waals surface area contributed by atoms with E-state index in [0.29, 0.717) is 38.7 Å². The van der Waals surface area contributed by atoms with Crippen molar-refractivity contribution in [2.45, 2.75) is 127 Å². The van der Waals surface area contributed by atoms with Gasteiger partial charge < -0.3 is 29.6 Å². The minimum Gasteiger partial charge on any atom is -0.443 e. The molecule has 1 spiro atoms. The van der Waals surface area contributed by atoms with Crippen LogP contribution < -0.4 is 32.3 Å². The Labute approximate surface area is 317 Å². The molecule has 298 valence electrons. The summed E-state index contributed by atoms with van der Waals surface area (Å²) in [6, 6.07) is 8.16. The van der Waals surface area contributed by atoms with Crippen molar-refractivity contribution in [3.63, 3.8) is 0 Å². The van der Waals surface area contributed by atoms with Crippen LogP contribution in [0.3, 0.4) is 0 Å². The molecule has 15 nitrogen and oxygen atoms in total. The average Bonchev–Trinajstić information content (AvgIpc) is 4.06. The molecule has 54 heavy (non-hydrogen) atoms. The van der Waals surface area contributed by atoms with Gasteiger partial charge in [-0.25, -0.2) is 21.1 Å². The average molecular weight is 755 g/mol. The number of carbonyl (C=O) groups is 5. The number of carbonyl (C=O) groups excluding carboxylic acids is 5. The zero-order valence-corrected chi connectivity index (χ0v) is 32.2. The summed E-state index contributed by atoms with van der Waals surface area (Å²) in [5.74, 6) is -1.77. The van der Waals surface area contributed by atoms with Crippen LogP contribution in [0.4, 0.5) is 4.79 Å². The van der Waals surface area contributed by atoms with Gasteiger partial charge in [0.1, 0.15) is 29.2 Å². The smallest absolute Gasteiger partial charge is 0.407 e. The van der Waals surface area contributed by atoms with E-state index in [1.807, 2.05) is 30.3 Å². The predicted octanol–water partition coefficient (Wildman–Crippen LogP) is 1.74. The van der Waals surface area contributed by atoms with Crippen LogP contribution in [0, 0.1) is 5.92 Å². The molecule has 0 radical (unpaired) electrons. The highest BCUT2D eigenvalue weighted by Crippen LogP contribution is 2.59. The Kier molecular flexibility index (Phi) is 14.5. The van der Waals surface area contributed by atoms with Gasteiger partial charge in [0.25, 0.3) is 0 Å². The fourth-order valence-corrected chi connectivity index (χ4v) is 7.99. The largest absolute Gasteiger partial charge is 0.443 e. The molecule has 2 saturated heterocycles. The summed E-state index contributed by atoms with van der Waals surface area (Å²) in [6.45, 7) is 7.95. The maximum absolute atomic E-state index is 13.2. The molecule has 2 heterocycles. The lowest BCUT2D eigenvalue weighted by Crippen LogP contribution is -2.56. The Hall–Kier alpha value is -3.57. The molecule has 1 aromatic carbocycles. The number of hydrazine groups is 2. The van der Waals surface area contributed by atoms with Crippen LogP contribution in [0.5, 0.6) is 0 Å². The van der Waals surface area contributed by atoms with E-state index in [0.717, 1.165) is 18.4 Å². The molecule has 2 aliphatic heterocycles. The molecule has 7 atom stereocenters. The second-order valence-corrected chi connectivity index (χ2v) is 15.5. The zero-order chi connectivity index (χ0) is 38.9. The fraction of sp³-hybridized carbons (Fsp3) is 0.667. The van der Waals surface area contributed by atoms with Crippen LogP contribution in [-0.4, -0.2) is 110 Å².